The molecule has 9 heavy (non-hydrogen) atoms. The first-order valence-electron chi connectivity index (χ1n) is 2.34. The lowest BCUT2D eigenvalue weighted by atomic mass is 10.4. The molecule has 0 aliphatic rings. The average Bonchev–Trinajstić information content (AvgIpc) is 1.59. The molecule has 0 saturated heterocycles. The third kappa shape index (κ3) is 1.28. The summed E-state index contributed by atoms with van der Waals surface area (Å²) in [5, 5.41) is 8.72. The molecule has 0 aromatic carbocycles. The summed E-state index contributed by atoms with van der Waals surface area (Å²) in [7, 11) is 0. The molecule has 47 valence electrons. The highest BCUT2D eigenvalue weighted by atomic mass is 16.3. The second-order valence-electron chi connectivity index (χ2n) is 1.58. The van der Waals surface area contributed by atoms with Crippen LogP contribution < -0.4 is 5.73 Å². The van der Waals surface area contributed by atoms with Gasteiger partial charge in [-0.15, -0.1) is 0 Å². The summed E-state index contributed by atoms with van der Waals surface area (Å²) in [6.45, 7) is 3.45. The van der Waals surface area contributed by atoms with Crippen molar-refractivity contribution in [1.29, 1.82) is 0 Å². The number of nitrogens with zero attached hydrogens (tertiary/aromatic N) is 2. The Morgan fingerprint density at radius 2 is 2.22 bits per heavy atom. The molecule has 0 unspecified atom stereocenters. The summed E-state index contributed by atoms with van der Waals surface area (Å²) < 4.78 is 0. The van der Waals surface area contributed by atoms with E-state index < -0.39 is 0 Å². The van der Waals surface area contributed by atoms with Crippen molar-refractivity contribution in [1.82, 2.24) is 9.97 Å². The Morgan fingerprint density at radius 1 is 1.56 bits per heavy atom. The Balaban J connectivity index is 3.17. The lowest BCUT2D eigenvalue weighted by Gasteiger charge is -1.93. The number of hydrogen-bond donors (Lipinski definition) is 2. The first-order valence-corrected chi connectivity index (χ1v) is 2.34. The molecule has 0 amide bonds. The van der Waals surface area contributed by atoms with Crippen molar-refractivity contribution in [3.05, 3.63) is 18.7 Å². The van der Waals surface area contributed by atoms with E-state index in [4.69, 9.17) is 10.8 Å². The molecule has 3 N–H and O–H groups in total. The highest BCUT2D eigenvalue weighted by molar-refractivity contribution is 5.26. The smallest absolute Gasteiger partial charge is 0.223 e. The predicted octanol–water partition coefficient (Wildman–Crippen LogP) is -0.0534. The molecular formula is C5H6N3O. The molecule has 1 aromatic rings. The second kappa shape index (κ2) is 1.89. The maximum Gasteiger partial charge on any atom is 0.223 e. The molecule has 4 nitrogen and oxygen atoms in total. The van der Waals surface area contributed by atoms with Crippen LogP contribution in [-0.4, -0.2) is 15.1 Å². The lowest BCUT2D eigenvalue weighted by Crippen LogP contribution is -1.94. The van der Waals surface area contributed by atoms with E-state index in [9.17, 15) is 0 Å². The van der Waals surface area contributed by atoms with E-state index in [1.165, 1.54) is 6.07 Å². The van der Waals surface area contributed by atoms with E-state index in [1.807, 2.05) is 0 Å². The fourth-order valence-electron chi connectivity index (χ4n) is 0.503. The van der Waals surface area contributed by atoms with Crippen molar-refractivity contribution in [3.8, 4) is 5.88 Å². The van der Waals surface area contributed by atoms with E-state index in [1.54, 1.807) is 0 Å². The molecule has 1 aromatic heterocycles. The van der Waals surface area contributed by atoms with Crippen molar-refractivity contribution in [2.45, 2.75) is 0 Å². The van der Waals surface area contributed by atoms with Crippen LogP contribution >= 0.6 is 0 Å². The maximum absolute atomic E-state index is 8.72. The van der Waals surface area contributed by atoms with Crippen LogP contribution in [0.4, 0.5) is 5.95 Å². The van der Waals surface area contributed by atoms with Crippen molar-refractivity contribution >= 4 is 5.95 Å². The van der Waals surface area contributed by atoms with Gasteiger partial charge in [-0.3, -0.25) is 0 Å². The molecule has 0 bridgehead atoms. The molecule has 0 saturated carbocycles. The van der Waals surface area contributed by atoms with Gasteiger partial charge in [-0.1, -0.05) is 0 Å². The van der Waals surface area contributed by atoms with Gasteiger partial charge in [0.25, 0.3) is 0 Å². The maximum atomic E-state index is 8.72. The molecule has 0 spiro atoms. The molecule has 0 aliphatic carbocycles. The Bertz CT molecular complexity index is 173. The summed E-state index contributed by atoms with van der Waals surface area (Å²) >= 11 is 0. The van der Waals surface area contributed by atoms with Crippen molar-refractivity contribution in [2.75, 3.05) is 5.73 Å². The fourth-order valence-corrected chi connectivity index (χ4v) is 0.503. The van der Waals surface area contributed by atoms with Crippen LogP contribution in [0, 0.1) is 6.92 Å². The fraction of sp³-hybridized carbons (Fsp3) is 0. The summed E-state index contributed by atoms with van der Waals surface area (Å²) in [5.41, 5.74) is 5.55. The largest absolute Gasteiger partial charge is 0.493 e. The number of nitrogens with two attached hydrogens (primary N) is 1. The molecule has 1 radical (unpaired) electrons. The highest BCUT2D eigenvalue weighted by Gasteiger charge is 1.93. The topological polar surface area (TPSA) is 72.0 Å². The SMILES string of the molecule is [CH2]c1cc(O)nc(N)n1. The normalized spacial score (nSPS) is 9.44. The van der Waals surface area contributed by atoms with E-state index in [0.717, 1.165) is 0 Å². The van der Waals surface area contributed by atoms with Crippen LogP contribution in [0.25, 0.3) is 0 Å². The highest BCUT2D eigenvalue weighted by Crippen LogP contribution is 2.05. The molecule has 1 heterocycles. The summed E-state index contributed by atoms with van der Waals surface area (Å²) in [4.78, 5) is 7.05. The minimum absolute atomic E-state index is 0.0417. The van der Waals surface area contributed by atoms with Gasteiger partial charge in [-0.2, -0.15) is 4.98 Å². The third-order valence-corrected chi connectivity index (χ3v) is 0.783. The van der Waals surface area contributed by atoms with Crippen molar-refractivity contribution in [2.24, 2.45) is 0 Å². The van der Waals surface area contributed by atoms with E-state index in [-0.39, 0.29) is 11.8 Å². The zero-order valence-electron chi connectivity index (χ0n) is 4.70. The lowest BCUT2D eigenvalue weighted by molar-refractivity contribution is 0.453. The minimum atomic E-state index is -0.146. The average molecular weight is 124 g/mol. The van der Waals surface area contributed by atoms with Gasteiger partial charge >= 0.3 is 0 Å². The van der Waals surface area contributed by atoms with Crippen LogP contribution in [0.1, 0.15) is 5.69 Å². The molecular weight excluding hydrogens is 118 g/mol. The van der Waals surface area contributed by atoms with Gasteiger partial charge in [0, 0.05) is 6.07 Å². The van der Waals surface area contributed by atoms with Crippen LogP contribution in [0.5, 0.6) is 5.88 Å². The second-order valence-corrected chi connectivity index (χ2v) is 1.58. The predicted molar refractivity (Wildman–Crippen MR) is 32.6 cm³/mol. The van der Waals surface area contributed by atoms with E-state index >= 15 is 0 Å². The Kier molecular flexibility index (Phi) is 1.22. The van der Waals surface area contributed by atoms with Crippen LogP contribution in [-0.2, 0) is 0 Å². The number of aromatic hydroxyl groups is 1. The molecule has 0 atom stereocenters. The zero-order valence-corrected chi connectivity index (χ0v) is 4.70. The molecule has 1 rings (SSSR count). The molecule has 0 aliphatic heterocycles. The Hall–Kier alpha value is -1.32. The van der Waals surface area contributed by atoms with Crippen molar-refractivity contribution < 1.29 is 5.11 Å². The summed E-state index contributed by atoms with van der Waals surface area (Å²) in [6.07, 6.45) is 0. The number of aromatic nitrogens is 2. The Labute approximate surface area is 52.4 Å². The number of rotatable bonds is 0. The summed E-state index contributed by atoms with van der Waals surface area (Å²) in [5.74, 6) is -0.104. The van der Waals surface area contributed by atoms with Crippen LogP contribution in [0.3, 0.4) is 0 Å². The van der Waals surface area contributed by atoms with Gasteiger partial charge in [-0.25, -0.2) is 4.98 Å². The zero-order chi connectivity index (χ0) is 6.85. The van der Waals surface area contributed by atoms with Crippen LogP contribution in [0.15, 0.2) is 6.07 Å². The number of nitrogen functional groups attached to an aromatic ring is 1. The Morgan fingerprint density at radius 3 is 2.67 bits per heavy atom. The van der Waals surface area contributed by atoms with Gasteiger partial charge in [0.1, 0.15) is 0 Å². The van der Waals surface area contributed by atoms with Gasteiger partial charge in [0.15, 0.2) is 0 Å². The van der Waals surface area contributed by atoms with Gasteiger partial charge < -0.3 is 10.8 Å². The third-order valence-electron chi connectivity index (χ3n) is 0.783. The van der Waals surface area contributed by atoms with Gasteiger partial charge in [0.2, 0.25) is 11.8 Å². The van der Waals surface area contributed by atoms with Crippen LogP contribution in [0.2, 0.25) is 0 Å². The summed E-state index contributed by atoms with van der Waals surface area (Å²) in [6, 6.07) is 1.33. The molecule has 0 fully saturated rings. The number of hydrogen-bond acceptors (Lipinski definition) is 4. The van der Waals surface area contributed by atoms with Gasteiger partial charge in [-0.05, 0) is 6.92 Å². The molecule has 4 heteroatoms. The van der Waals surface area contributed by atoms with Crippen molar-refractivity contribution in [3.63, 3.8) is 0 Å². The van der Waals surface area contributed by atoms with E-state index in [0.29, 0.717) is 5.69 Å². The first kappa shape index (κ1) is 5.81. The van der Waals surface area contributed by atoms with E-state index in [2.05, 4.69) is 16.9 Å². The minimum Gasteiger partial charge on any atom is -0.493 e. The monoisotopic (exact) mass is 124 g/mol. The first-order chi connectivity index (χ1) is 4.18. The quantitative estimate of drug-likeness (QED) is 0.508. The number of anilines is 1. The standard InChI is InChI=1S/C5H6N3O/c1-3-2-4(9)8-5(6)7-3/h2H,1H2,(H3,6,7,8,9). The van der Waals surface area contributed by atoms with Gasteiger partial charge in [0.05, 0.1) is 5.69 Å².